The number of halogens is 1. The predicted octanol–water partition coefficient (Wildman–Crippen LogP) is 2.54. The summed E-state index contributed by atoms with van der Waals surface area (Å²) in [6.45, 7) is 4.27. The van der Waals surface area contributed by atoms with Crippen LogP contribution >= 0.6 is 23.4 Å². The molecule has 2 rings (SSSR count). The largest absolute Gasteiger partial charge is 0.326 e. The Kier molecular flexibility index (Phi) is 3.76. The molecule has 17 heavy (non-hydrogen) atoms. The summed E-state index contributed by atoms with van der Waals surface area (Å²) in [4.78, 5) is 0. The molecule has 0 radical (unpaired) electrons. The first kappa shape index (κ1) is 13.2. The van der Waals surface area contributed by atoms with Gasteiger partial charge in [-0.1, -0.05) is 11.6 Å². The Morgan fingerprint density at radius 3 is 2.82 bits per heavy atom. The standard InChI is InChI=1S/C12H20ClN3S/c1-8-9(11(13)16(3)15-8)7-10(14)12(2)5-4-6-17-12/h10H,4-7,14H2,1-3H3. The number of hydrogen-bond donors (Lipinski definition) is 1. The van der Waals surface area contributed by atoms with E-state index in [9.17, 15) is 0 Å². The fourth-order valence-electron chi connectivity index (χ4n) is 2.43. The van der Waals surface area contributed by atoms with Crippen molar-refractivity contribution in [2.75, 3.05) is 5.75 Å². The molecule has 2 unspecified atom stereocenters. The van der Waals surface area contributed by atoms with Gasteiger partial charge >= 0.3 is 0 Å². The van der Waals surface area contributed by atoms with Gasteiger partial charge in [-0.15, -0.1) is 0 Å². The lowest BCUT2D eigenvalue weighted by Gasteiger charge is -2.30. The summed E-state index contributed by atoms with van der Waals surface area (Å²) in [5.74, 6) is 1.23. The van der Waals surface area contributed by atoms with Crippen molar-refractivity contribution in [1.82, 2.24) is 9.78 Å². The van der Waals surface area contributed by atoms with E-state index < -0.39 is 0 Å². The van der Waals surface area contributed by atoms with Gasteiger partial charge in [-0.2, -0.15) is 16.9 Å². The van der Waals surface area contributed by atoms with Crippen LogP contribution in [0.4, 0.5) is 0 Å². The minimum atomic E-state index is 0.149. The van der Waals surface area contributed by atoms with Crippen LogP contribution in [0.1, 0.15) is 31.0 Å². The van der Waals surface area contributed by atoms with Crippen LogP contribution < -0.4 is 5.73 Å². The number of aromatic nitrogens is 2. The predicted molar refractivity (Wildman–Crippen MR) is 74.7 cm³/mol. The van der Waals surface area contributed by atoms with Gasteiger partial charge in [0.25, 0.3) is 0 Å². The van der Waals surface area contributed by atoms with Crippen LogP contribution in [0.25, 0.3) is 0 Å². The van der Waals surface area contributed by atoms with Crippen molar-refractivity contribution < 1.29 is 0 Å². The Balaban J connectivity index is 2.15. The molecule has 0 aliphatic carbocycles. The zero-order valence-corrected chi connectivity index (χ0v) is 12.2. The monoisotopic (exact) mass is 273 g/mol. The molecule has 0 saturated carbocycles. The third kappa shape index (κ3) is 2.49. The molecule has 1 aromatic rings. The molecule has 3 nitrogen and oxygen atoms in total. The number of aryl methyl sites for hydroxylation is 2. The van der Waals surface area contributed by atoms with Gasteiger partial charge in [-0.25, -0.2) is 0 Å². The van der Waals surface area contributed by atoms with E-state index in [1.165, 1.54) is 18.6 Å². The van der Waals surface area contributed by atoms with Gasteiger partial charge in [0.2, 0.25) is 0 Å². The summed E-state index contributed by atoms with van der Waals surface area (Å²) in [5, 5.41) is 5.06. The molecule has 0 aromatic carbocycles. The van der Waals surface area contributed by atoms with Crippen LogP contribution in [-0.4, -0.2) is 26.3 Å². The van der Waals surface area contributed by atoms with Crippen LogP contribution in [0, 0.1) is 6.92 Å². The minimum Gasteiger partial charge on any atom is -0.326 e. The SMILES string of the molecule is Cc1nn(C)c(Cl)c1CC(N)C1(C)CCCS1. The highest BCUT2D eigenvalue weighted by atomic mass is 35.5. The Hall–Kier alpha value is -0.190. The Morgan fingerprint density at radius 2 is 2.35 bits per heavy atom. The first-order valence-corrected chi connectivity index (χ1v) is 7.38. The first-order valence-electron chi connectivity index (χ1n) is 6.01. The van der Waals surface area contributed by atoms with Gasteiger partial charge in [0.1, 0.15) is 5.15 Å². The third-order valence-corrected chi connectivity index (χ3v) is 5.86. The summed E-state index contributed by atoms with van der Waals surface area (Å²) in [6, 6.07) is 0.149. The first-order chi connectivity index (χ1) is 7.94. The molecule has 0 spiro atoms. The molecule has 5 heteroatoms. The summed E-state index contributed by atoms with van der Waals surface area (Å²) >= 11 is 8.24. The maximum Gasteiger partial charge on any atom is 0.130 e. The normalized spacial score (nSPS) is 26.4. The van der Waals surface area contributed by atoms with Gasteiger partial charge in [0.05, 0.1) is 5.69 Å². The number of hydrogen-bond acceptors (Lipinski definition) is 3. The maximum atomic E-state index is 6.38. The van der Waals surface area contributed by atoms with Gasteiger partial charge in [0, 0.05) is 23.4 Å². The van der Waals surface area contributed by atoms with Crippen molar-refractivity contribution in [3.05, 3.63) is 16.4 Å². The number of rotatable bonds is 3. The highest BCUT2D eigenvalue weighted by molar-refractivity contribution is 8.00. The highest BCUT2D eigenvalue weighted by Gasteiger charge is 2.36. The van der Waals surface area contributed by atoms with E-state index in [1.807, 2.05) is 25.7 Å². The molecule has 2 atom stereocenters. The van der Waals surface area contributed by atoms with E-state index in [0.717, 1.165) is 22.8 Å². The molecular formula is C12H20ClN3S. The van der Waals surface area contributed by atoms with Crippen LogP contribution in [0.2, 0.25) is 5.15 Å². The molecule has 1 aliphatic heterocycles. The summed E-state index contributed by atoms with van der Waals surface area (Å²) in [6.07, 6.45) is 3.30. The fourth-order valence-corrected chi connectivity index (χ4v) is 4.03. The van der Waals surface area contributed by atoms with Gasteiger partial charge in [-0.3, -0.25) is 4.68 Å². The average molecular weight is 274 g/mol. The van der Waals surface area contributed by atoms with E-state index in [0.29, 0.717) is 0 Å². The van der Waals surface area contributed by atoms with Crippen molar-refractivity contribution in [1.29, 1.82) is 0 Å². The summed E-state index contributed by atoms with van der Waals surface area (Å²) in [5.41, 5.74) is 8.48. The number of nitrogens with two attached hydrogens (primary N) is 1. The van der Waals surface area contributed by atoms with Crippen molar-refractivity contribution in [2.24, 2.45) is 12.8 Å². The van der Waals surface area contributed by atoms with E-state index >= 15 is 0 Å². The molecule has 1 fully saturated rings. The zero-order valence-electron chi connectivity index (χ0n) is 10.7. The van der Waals surface area contributed by atoms with E-state index in [4.69, 9.17) is 17.3 Å². The topological polar surface area (TPSA) is 43.8 Å². The molecular weight excluding hydrogens is 254 g/mol. The van der Waals surface area contributed by atoms with E-state index in [2.05, 4.69) is 12.0 Å². The van der Waals surface area contributed by atoms with Crippen molar-refractivity contribution in [3.63, 3.8) is 0 Å². The van der Waals surface area contributed by atoms with Crippen LogP contribution in [-0.2, 0) is 13.5 Å². The maximum absolute atomic E-state index is 6.38. The second-order valence-electron chi connectivity index (χ2n) is 5.05. The van der Waals surface area contributed by atoms with Crippen LogP contribution in [0.15, 0.2) is 0 Å². The van der Waals surface area contributed by atoms with Crippen molar-refractivity contribution in [2.45, 2.75) is 43.9 Å². The van der Waals surface area contributed by atoms with Crippen LogP contribution in [0.5, 0.6) is 0 Å². The highest BCUT2D eigenvalue weighted by Crippen LogP contribution is 2.41. The van der Waals surface area contributed by atoms with Gasteiger partial charge in [0.15, 0.2) is 0 Å². The lowest BCUT2D eigenvalue weighted by molar-refractivity contribution is 0.482. The van der Waals surface area contributed by atoms with Crippen molar-refractivity contribution in [3.8, 4) is 0 Å². The molecule has 0 bridgehead atoms. The molecule has 1 aromatic heterocycles. The van der Waals surface area contributed by atoms with Gasteiger partial charge < -0.3 is 5.73 Å². The Bertz CT molecular complexity index is 410. The second kappa shape index (κ2) is 4.82. The lowest BCUT2D eigenvalue weighted by Crippen LogP contribution is -2.42. The molecule has 2 N–H and O–H groups in total. The summed E-state index contributed by atoms with van der Waals surface area (Å²) < 4.78 is 1.93. The Labute approximate surface area is 112 Å². The van der Waals surface area contributed by atoms with E-state index in [-0.39, 0.29) is 10.8 Å². The molecule has 2 heterocycles. The van der Waals surface area contributed by atoms with Gasteiger partial charge in [-0.05, 0) is 38.9 Å². The van der Waals surface area contributed by atoms with E-state index in [1.54, 1.807) is 4.68 Å². The Morgan fingerprint density at radius 1 is 1.65 bits per heavy atom. The quantitative estimate of drug-likeness (QED) is 0.920. The third-order valence-electron chi connectivity index (χ3n) is 3.73. The van der Waals surface area contributed by atoms with Crippen LogP contribution in [0.3, 0.4) is 0 Å². The van der Waals surface area contributed by atoms with Crippen molar-refractivity contribution >= 4 is 23.4 Å². The number of thioether (sulfide) groups is 1. The summed E-state index contributed by atoms with van der Waals surface area (Å²) in [7, 11) is 1.87. The number of nitrogens with zero attached hydrogens (tertiary/aromatic N) is 2. The molecule has 96 valence electrons. The molecule has 1 aliphatic rings. The second-order valence-corrected chi connectivity index (χ2v) is 7.04. The smallest absolute Gasteiger partial charge is 0.130 e. The zero-order chi connectivity index (χ0) is 12.6. The lowest BCUT2D eigenvalue weighted by atomic mass is 9.92. The average Bonchev–Trinajstić information content (AvgIpc) is 2.80. The molecule has 1 saturated heterocycles. The minimum absolute atomic E-state index is 0.149. The molecule has 0 amide bonds. The fraction of sp³-hybridized carbons (Fsp3) is 0.750.